The number of hydrogen-bond acceptors (Lipinski definition) is 2. The summed E-state index contributed by atoms with van der Waals surface area (Å²) in [5.74, 6) is -0.317. The fourth-order valence-corrected chi connectivity index (χ4v) is 1.26. The van der Waals surface area contributed by atoms with Gasteiger partial charge in [0.1, 0.15) is 5.82 Å². The molecular weight excluding hydrogens is 261 g/mol. The van der Waals surface area contributed by atoms with Crippen molar-refractivity contribution < 1.29 is 9.50 Å². The van der Waals surface area contributed by atoms with Gasteiger partial charge in [-0.25, -0.2) is 4.39 Å². The van der Waals surface area contributed by atoms with E-state index in [1.807, 2.05) is 6.92 Å². The molecule has 0 aliphatic rings. The molecule has 0 saturated carbocycles. The van der Waals surface area contributed by atoms with Crippen molar-refractivity contribution >= 4 is 21.6 Å². The topological polar surface area (TPSA) is 32.3 Å². The summed E-state index contributed by atoms with van der Waals surface area (Å²) in [7, 11) is 0. The fraction of sp³-hybridized carbons (Fsp3) is 0.455. The third-order valence-corrected chi connectivity index (χ3v) is 3.01. The van der Waals surface area contributed by atoms with Crippen LogP contribution < -0.4 is 5.32 Å². The molecule has 0 aliphatic carbocycles. The van der Waals surface area contributed by atoms with Crippen LogP contribution in [0.2, 0.25) is 0 Å². The van der Waals surface area contributed by atoms with E-state index in [4.69, 9.17) is 0 Å². The van der Waals surface area contributed by atoms with Crippen LogP contribution in [0.25, 0.3) is 0 Å². The summed E-state index contributed by atoms with van der Waals surface area (Å²) in [5.41, 5.74) is -0.186. The Balaban J connectivity index is 2.78. The molecule has 0 spiro atoms. The van der Waals surface area contributed by atoms with Gasteiger partial charge in [0.15, 0.2) is 0 Å². The van der Waals surface area contributed by atoms with Gasteiger partial charge in [0, 0.05) is 5.69 Å². The van der Waals surface area contributed by atoms with Gasteiger partial charge in [-0.1, -0.05) is 0 Å². The van der Waals surface area contributed by atoms with Gasteiger partial charge in [-0.05, 0) is 54.9 Å². The average molecular weight is 276 g/mol. The van der Waals surface area contributed by atoms with E-state index < -0.39 is 5.60 Å². The standard InChI is InChI=1S/C11H15BrFNO/c1-7(11(2,3)15)14-8-4-5-9(12)10(13)6-8/h4-7,14-15H,1-3H3. The van der Waals surface area contributed by atoms with Crippen LogP contribution >= 0.6 is 15.9 Å². The van der Waals surface area contributed by atoms with E-state index in [1.165, 1.54) is 6.07 Å². The number of anilines is 1. The average Bonchev–Trinajstić information content (AvgIpc) is 2.10. The van der Waals surface area contributed by atoms with Crippen LogP contribution in [0.15, 0.2) is 22.7 Å². The van der Waals surface area contributed by atoms with Crippen LogP contribution in [0.1, 0.15) is 20.8 Å². The number of rotatable bonds is 3. The van der Waals surface area contributed by atoms with Gasteiger partial charge in [0.25, 0.3) is 0 Å². The van der Waals surface area contributed by atoms with Gasteiger partial charge >= 0.3 is 0 Å². The Morgan fingerprint density at radius 1 is 1.47 bits per heavy atom. The molecule has 2 nitrogen and oxygen atoms in total. The monoisotopic (exact) mass is 275 g/mol. The first kappa shape index (κ1) is 12.5. The Morgan fingerprint density at radius 3 is 2.53 bits per heavy atom. The second-order valence-corrected chi connectivity index (χ2v) is 5.00. The lowest BCUT2D eigenvalue weighted by Gasteiger charge is -2.27. The summed E-state index contributed by atoms with van der Waals surface area (Å²) in [6.45, 7) is 5.26. The van der Waals surface area contributed by atoms with E-state index in [0.717, 1.165) is 0 Å². The highest BCUT2D eigenvalue weighted by Crippen LogP contribution is 2.21. The minimum absolute atomic E-state index is 0.155. The third kappa shape index (κ3) is 3.47. The summed E-state index contributed by atoms with van der Waals surface area (Å²) < 4.78 is 13.6. The molecule has 0 bridgehead atoms. The van der Waals surface area contributed by atoms with Crippen molar-refractivity contribution in [2.45, 2.75) is 32.4 Å². The molecule has 0 aliphatic heterocycles. The quantitative estimate of drug-likeness (QED) is 0.888. The van der Waals surface area contributed by atoms with Gasteiger partial charge < -0.3 is 10.4 Å². The van der Waals surface area contributed by atoms with E-state index in [1.54, 1.807) is 26.0 Å². The van der Waals surface area contributed by atoms with Crippen molar-refractivity contribution in [1.82, 2.24) is 0 Å². The Morgan fingerprint density at radius 2 is 2.07 bits per heavy atom. The van der Waals surface area contributed by atoms with Crippen LogP contribution in [0.5, 0.6) is 0 Å². The van der Waals surface area contributed by atoms with Gasteiger partial charge in [-0.15, -0.1) is 0 Å². The Hall–Kier alpha value is -0.610. The number of nitrogens with one attached hydrogen (secondary N) is 1. The smallest absolute Gasteiger partial charge is 0.139 e. The molecule has 84 valence electrons. The van der Waals surface area contributed by atoms with Crippen LogP contribution in [-0.2, 0) is 0 Å². The maximum atomic E-state index is 13.2. The van der Waals surface area contributed by atoms with E-state index in [-0.39, 0.29) is 11.9 Å². The molecule has 0 saturated heterocycles. The molecule has 4 heteroatoms. The molecule has 0 fully saturated rings. The van der Waals surface area contributed by atoms with Crippen molar-refractivity contribution in [3.63, 3.8) is 0 Å². The minimum atomic E-state index is -0.844. The lowest BCUT2D eigenvalue weighted by molar-refractivity contribution is 0.0649. The summed E-state index contributed by atoms with van der Waals surface area (Å²) in [6, 6.07) is 4.63. The third-order valence-electron chi connectivity index (χ3n) is 2.36. The second kappa shape index (κ2) is 4.49. The van der Waals surface area contributed by atoms with Crippen LogP contribution in [0.3, 0.4) is 0 Å². The number of benzene rings is 1. The Bertz CT molecular complexity index is 349. The lowest BCUT2D eigenvalue weighted by atomic mass is 10.0. The Labute approximate surface area is 97.6 Å². The van der Waals surface area contributed by atoms with Crippen molar-refractivity contribution in [3.05, 3.63) is 28.5 Å². The van der Waals surface area contributed by atoms with Crippen molar-refractivity contribution in [2.75, 3.05) is 5.32 Å². The van der Waals surface area contributed by atoms with Crippen molar-refractivity contribution in [1.29, 1.82) is 0 Å². The molecule has 0 radical (unpaired) electrons. The molecule has 1 atom stereocenters. The van der Waals surface area contributed by atoms with Gasteiger partial charge in [0.05, 0.1) is 16.1 Å². The van der Waals surface area contributed by atoms with Gasteiger partial charge in [-0.3, -0.25) is 0 Å². The first-order chi connectivity index (χ1) is 6.80. The SMILES string of the molecule is CC(Nc1ccc(Br)c(F)c1)C(C)(C)O. The van der Waals surface area contributed by atoms with Crippen molar-refractivity contribution in [2.24, 2.45) is 0 Å². The summed E-state index contributed by atoms with van der Waals surface area (Å²) in [5, 5.41) is 12.7. The molecule has 1 unspecified atom stereocenters. The molecule has 0 amide bonds. The predicted octanol–water partition coefficient (Wildman–Crippen LogP) is 3.16. The number of aliphatic hydroxyl groups is 1. The second-order valence-electron chi connectivity index (χ2n) is 4.15. The molecular formula is C11H15BrFNO. The highest BCUT2D eigenvalue weighted by molar-refractivity contribution is 9.10. The van der Waals surface area contributed by atoms with E-state index in [0.29, 0.717) is 10.2 Å². The van der Waals surface area contributed by atoms with Crippen LogP contribution in [0, 0.1) is 5.82 Å². The summed E-state index contributed by atoms with van der Waals surface area (Å²) in [4.78, 5) is 0. The number of halogens is 2. The zero-order valence-corrected chi connectivity index (χ0v) is 10.6. The van der Waals surface area contributed by atoms with E-state index in [9.17, 15) is 9.50 Å². The van der Waals surface area contributed by atoms with Gasteiger partial charge in [0.2, 0.25) is 0 Å². The zero-order valence-electron chi connectivity index (χ0n) is 9.01. The van der Waals surface area contributed by atoms with E-state index >= 15 is 0 Å². The van der Waals surface area contributed by atoms with Crippen LogP contribution in [-0.4, -0.2) is 16.7 Å². The first-order valence-corrected chi connectivity index (χ1v) is 5.54. The fourth-order valence-electron chi connectivity index (χ4n) is 1.01. The summed E-state index contributed by atoms with van der Waals surface area (Å²) in [6.07, 6.45) is 0. The number of hydrogen-bond donors (Lipinski definition) is 2. The molecule has 1 aromatic carbocycles. The Kier molecular flexibility index (Phi) is 3.73. The largest absolute Gasteiger partial charge is 0.388 e. The molecule has 0 heterocycles. The van der Waals surface area contributed by atoms with Crippen molar-refractivity contribution in [3.8, 4) is 0 Å². The van der Waals surface area contributed by atoms with Crippen LogP contribution in [0.4, 0.5) is 10.1 Å². The summed E-state index contributed by atoms with van der Waals surface area (Å²) >= 11 is 3.08. The maximum absolute atomic E-state index is 13.2. The highest BCUT2D eigenvalue weighted by Gasteiger charge is 2.21. The lowest BCUT2D eigenvalue weighted by Crippen LogP contribution is -2.39. The van der Waals surface area contributed by atoms with Gasteiger partial charge in [-0.2, -0.15) is 0 Å². The molecule has 1 aromatic rings. The van der Waals surface area contributed by atoms with E-state index in [2.05, 4.69) is 21.2 Å². The molecule has 1 rings (SSSR count). The molecule has 15 heavy (non-hydrogen) atoms. The molecule has 2 N–H and O–H groups in total. The first-order valence-electron chi connectivity index (χ1n) is 4.74. The highest BCUT2D eigenvalue weighted by atomic mass is 79.9. The maximum Gasteiger partial charge on any atom is 0.139 e. The predicted molar refractivity (Wildman–Crippen MR) is 63.5 cm³/mol. The zero-order chi connectivity index (χ0) is 11.6. The normalized spacial score (nSPS) is 13.7. The molecule has 0 aromatic heterocycles. The minimum Gasteiger partial charge on any atom is -0.388 e.